The first-order valence-electron chi connectivity index (χ1n) is 5.96. The van der Waals surface area contributed by atoms with Gasteiger partial charge in [-0.25, -0.2) is 0 Å². The fraction of sp³-hybridized carbons (Fsp3) is 0.917. The van der Waals surface area contributed by atoms with E-state index in [4.69, 9.17) is 5.73 Å². The first kappa shape index (κ1) is 17.2. The van der Waals surface area contributed by atoms with Gasteiger partial charge >= 0.3 is 6.18 Å². The zero-order chi connectivity index (χ0) is 14.7. The molecule has 0 aromatic rings. The smallest absolute Gasteiger partial charge is 0.331 e. The Bertz CT molecular complexity index is 282. The predicted octanol–water partition coefficient (Wildman–Crippen LogP) is 2.55. The van der Waals surface area contributed by atoms with E-state index in [2.05, 4.69) is 0 Å². The highest BCUT2D eigenvalue weighted by Crippen LogP contribution is 2.23. The summed E-state index contributed by atoms with van der Waals surface area (Å²) in [6, 6.07) is -0.953. The molecule has 108 valence electrons. The van der Waals surface area contributed by atoms with Crippen molar-refractivity contribution in [2.24, 2.45) is 11.1 Å². The van der Waals surface area contributed by atoms with Crippen molar-refractivity contribution in [2.75, 3.05) is 6.54 Å². The number of nitrogens with zero attached hydrogens (tertiary/aromatic N) is 1. The lowest BCUT2D eigenvalue weighted by atomic mass is 9.85. The van der Waals surface area contributed by atoms with Crippen molar-refractivity contribution in [1.29, 1.82) is 0 Å². The number of rotatable bonds is 4. The van der Waals surface area contributed by atoms with Crippen LogP contribution in [-0.2, 0) is 4.79 Å². The van der Waals surface area contributed by atoms with Gasteiger partial charge in [-0.15, -0.1) is 0 Å². The van der Waals surface area contributed by atoms with Crippen LogP contribution in [-0.4, -0.2) is 35.6 Å². The van der Waals surface area contributed by atoms with Crippen molar-refractivity contribution in [3.63, 3.8) is 0 Å². The summed E-state index contributed by atoms with van der Waals surface area (Å²) in [7, 11) is 0. The van der Waals surface area contributed by atoms with E-state index >= 15 is 0 Å². The number of nitrogens with two attached hydrogens (primary N) is 1. The maximum absolute atomic E-state index is 12.4. The average Bonchev–Trinajstić information content (AvgIpc) is 2.10. The molecule has 1 unspecified atom stereocenters. The number of carbonyl (C=O) groups is 1. The van der Waals surface area contributed by atoms with Gasteiger partial charge in [0.2, 0.25) is 5.91 Å². The molecule has 0 spiro atoms. The molecule has 2 N–H and O–H groups in total. The fourth-order valence-electron chi connectivity index (χ4n) is 1.36. The molecule has 0 rings (SSSR count). The predicted molar refractivity (Wildman–Crippen MR) is 65.0 cm³/mol. The van der Waals surface area contributed by atoms with Gasteiger partial charge in [0.15, 0.2) is 0 Å². The molecule has 0 saturated carbocycles. The molecule has 6 heteroatoms. The van der Waals surface area contributed by atoms with Crippen LogP contribution in [0.4, 0.5) is 13.2 Å². The monoisotopic (exact) mass is 268 g/mol. The zero-order valence-corrected chi connectivity index (χ0v) is 11.6. The molecule has 0 aliphatic heterocycles. The summed E-state index contributed by atoms with van der Waals surface area (Å²) >= 11 is 0. The van der Waals surface area contributed by atoms with Crippen LogP contribution in [0, 0.1) is 5.41 Å². The van der Waals surface area contributed by atoms with Gasteiger partial charge in [0.05, 0.1) is 0 Å². The van der Waals surface area contributed by atoms with E-state index in [0.717, 1.165) is 4.90 Å². The van der Waals surface area contributed by atoms with Gasteiger partial charge in [0.25, 0.3) is 0 Å². The maximum atomic E-state index is 12.4. The number of hydrogen-bond acceptors (Lipinski definition) is 2. The van der Waals surface area contributed by atoms with Crippen molar-refractivity contribution >= 4 is 5.91 Å². The lowest BCUT2D eigenvalue weighted by Crippen LogP contribution is -2.47. The van der Waals surface area contributed by atoms with E-state index in [1.54, 1.807) is 13.8 Å². The van der Waals surface area contributed by atoms with Crippen LogP contribution in [0.2, 0.25) is 0 Å². The van der Waals surface area contributed by atoms with E-state index in [-0.39, 0.29) is 11.8 Å². The zero-order valence-electron chi connectivity index (χ0n) is 11.6. The Morgan fingerprint density at radius 2 is 1.67 bits per heavy atom. The number of hydrogen-bond donors (Lipinski definition) is 1. The van der Waals surface area contributed by atoms with E-state index in [0.29, 0.717) is 0 Å². The Morgan fingerprint density at radius 3 is 1.94 bits per heavy atom. The molecule has 0 saturated heterocycles. The first-order valence-corrected chi connectivity index (χ1v) is 5.96. The molecule has 0 aromatic carbocycles. The summed E-state index contributed by atoms with van der Waals surface area (Å²) in [4.78, 5) is 12.7. The number of carbonyl (C=O) groups excluding carboxylic acids is 1. The second-order valence-corrected chi connectivity index (χ2v) is 5.91. The maximum Gasteiger partial charge on any atom is 0.406 e. The highest BCUT2D eigenvalue weighted by molar-refractivity contribution is 5.77. The minimum atomic E-state index is -4.38. The molecule has 1 atom stereocenters. The molecule has 0 bridgehead atoms. The lowest BCUT2D eigenvalue weighted by molar-refractivity contribution is -0.165. The molecule has 0 radical (unpaired) electrons. The molecule has 1 amide bonds. The topological polar surface area (TPSA) is 46.3 Å². The van der Waals surface area contributed by atoms with Crippen LogP contribution in [0.5, 0.6) is 0 Å². The highest BCUT2D eigenvalue weighted by Gasteiger charge is 2.35. The number of halogens is 3. The van der Waals surface area contributed by atoms with Crippen molar-refractivity contribution in [3.8, 4) is 0 Å². The largest absolute Gasteiger partial charge is 0.406 e. The molecule has 0 aliphatic rings. The summed E-state index contributed by atoms with van der Waals surface area (Å²) < 4.78 is 37.1. The Balaban J connectivity index is 4.70. The van der Waals surface area contributed by atoms with E-state index in [9.17, 15) is 18.0 Å². The van der Waals surface area contributed by atoms with Crippen molar-refractivity contribution < 1.29 is 18.0 Å². The van der Waals surface area contributed by atoms with E-state index in [1.807, 2.05) is 20.8 Å². The van der Waals surface area contributed by atoms with Crippen molar-refractivity contribution in [3.05, 3.63) is 0 Å². The molecule has 0 aliphatic carbocycles. The van der Waals surface area contributed by atoms with Gasteiger partial charge in [0.1, 0.15) is 6.54 Å². The summed E-state index contributed by atoms with van der Waals surface area (Å²) in [5, 5.41) is 0. The summed E-state index contributed by atoms with van der Waals surface area (Å²) in [5.41, 5.74) is 5.52. The van der Waals surface area contributed by atoms with Gasteiger partial charge in [-0.05, 0) is 19.3 Å². The first-order chi connectivity index (χ1) is 7.84. The second-order valence-electron chi connectivity index (χ2n) is 5.91. The number of amides is 1. The Kier molecular flexibility index (Phi) is 5.65. The van der Waals surface area contributed by atoms with E-state index < -0.39 is 30.7 Å². The molecular formula is C12H23F3N2O. The third kappa shape index (κ3) is 6.23. The van der Waals surface area contributed by atoms with Crippen molar-refractivity contribution in [1.82, 2.24) is 4.90 Å². The SMILES string of the molecule is CC(C)N(CC(F)(F)F)C(=O)CC(N)C(C)(C)C. The molecule has 18 heavy (non-hydrogen) atoms. The van der Waals surface area contributed by atoms with Crippen LogP contribution in [0.1, 0.15) is 41.0 Å². The molecule has 3 nitrogen and oxygen atoms in total. The Labute approximate surface area is 107 Å². The highest BCUT2D eigenvalue weighted by atomic mass is 19.4. The number of alkyl halides is 3. The van der Waals surface area contributed by atoms with Crippen LogP contribution < -0.4 is 5.73 Å². The summed E-state index contributed by atoms with van der Waals surface area (Å²) in [6.45, 7) is 7.47. The van der Waals surface area contributed by atoms with Gasteiger partial charge in [-0.1, -0.05) is 20.8 Å². The second kappa shape index (κ2) is 5.91. The average molecular weight is 268 g/mol. The Hall–Kier alpha value is -0.780. The van der Waals surface area contributed by atoms with Crippen molar-refractivity contribution in [2.45, 2.75) is 59.3 Å². The molecule has 0 heterocycles. The Morgan fingerprint density at radius 1 is 1.22 bits per heavy atom. The standard InChI is InChI=1S/C12H23F3N2O/c1-8(2)17(7-12(13,14)15)10(18)6-9(16)11(3,4)5/h8-9H,6-7,16H2,1-5H3. The van der Waals surface area contributed by atoms with E-state index in [1.165, 1.54) is 0 Å². The minimum absolute atomic E-state index is 0.0717. The van der Waals surface area contributed by atoms with Crippen LogP contribution >= 0.6 is 0 Å². The van der Waals surface area contributed by atoms with Gasteiger partial charge in [-0.3, -0.25) is 4.79 Å². The van der Waals surface area contributed by atoms with Gasteiger partial charge < -0.3 is 10.6 Å². The van der Waals surface area contributed by atoms with Gasteiger partial charge in [-0.2, -0.15) is 13.2 Å². The molecular weight excluding hydrogens is 245 g/mol. The summed E-state index contributed by atoms with van der Waals surface area (Å²) in [5.74, 6) is -0.551. The van der Waals surface area contributed by atoms with Crippen LogP contribution in [0.25, 0.3) is 0 Å². The quantitative estimate of drug-likeness (QED) is 0.851. The van der Waals surface area contributed by atoms with Crippen LogP contribution in [0.3, 0.4) is 0 Å². The fourth-order valence-corrected chi connectivity index (χ4v) is 1.36. The summed E-state index contributed by atoms with van der Waals surface area (Å²) in [6.07, 6.45) is -4.45. The lowest BCUT2D eigenvalue weighted by Gasteiger charge is -2.32. The van der Waals surface area contributed by atoms with Gasteiger partial charge in [0, 0.05) is 18.5 Å². The third-order valence-corrected chi connectivity index (χ3v) is 2.80. The van der Waals surface area contributed by atoms with Crippen LogP contribution in [0.15, 0.2) is 0 Å². The molecule has 0 fully saturated rings. The third-order valence-electron chi connectivity index (χ3n) is 2.80. The normalized spacial score (nSPS) is 14.8. The molecule has 0 aromatic heterocycles. The minimum Gasteiger partial charge on any atom is -0.331 e.